The van der Waals surface area contributed by atoms with Crippen molar-refractivity contribution in [2.45, 2.75) is 25.3 Å². The van der Waals surface area contributed by atoms with Gasteiger partial charge in [0.2, 0.25) is 5.91 Å². The van der Waals surface area contributed by atoms with Crippen molar-refractivity contribution in [1.29, 1.82) is 0 Å². The molecular formula is C18H23N3O3. The number of nitrogens with one attached hydrogen (secondary N) is 3. The van der Waals surface area contributed by atoms with Gasteiger partial charge in [0.15, 0.2) is 0 Å². The van der Waals surface area contributed by atoms with Gasteiger partial charge in [-0.3, -0.25) is 10.2 Å². The molecular weight excluding hydrogens is 306 g/mol. The number of fused-ring (bicyclic) bond motifs is 1. The lowest BCUT2D eigenvalue weighted by molar-refractivity contribution is -0.125. The molecule has 24 heavy (non-hydrogen) atoms. The van der Waals surface area contributed by atoms with Crippen LogP contribution in [0, 0.1) is 11.3 Å². The molecule has 2 fully saturated rings. The fraction of sp³-hybridized carbons (Fsp3) is 0.500. The Balaban J connectivity index is 1.45. The van der Waals surface area contributed by atoms with E-state index in [1.54, 1.807) is 0 Å². The van der Waals surface area contributed by atoms with Crippen molar-refractivity contribution in [3.05, 3.63) is 36.1 Å². The van der Waals surface area contributed by atoms with Crippen LogP contribution in [0.25, 0.3) is 11.0 Å². The molecule has 1 aromatic heterocycles. The lowest BCUT2D eigenvalue weighted by Gasteiger charge is -2.19. The summed E-state index contributed by atoms with van der Waals surface area (Å²) in [6, 6.07) is 9.67. The molecule has 2 aliphatic rings. The van der Waals surface area contributed by atoms with Gasteiger partial charge in [-0.1, -0.05) is 18.2 Å². The van der Waals surface area contributed by atoms with Crippen LogP contribution in [0.15, 0.2) is 34.7 Å². The van der Waals surface area contributed by atoms with Gasteiger partial charge < -0.3 is 14.8 Å². The largest absolute Gasteiger partial charge is 0.459 e. The van der Waals surface area contributed by atoms with Crippen LogP contribution in [0.4, 0.5) is 0 Å². The molecule has 4 N–H and O–H groups in total. The van der Waals surface area contributed by atoms with Gasteiger partial charge in [-0.05, 0) is 36.8 Å². The number of aliphatic hydroxyl groups excluding tert-OH is 1. The molecule has 0 radical (unpaired) electrons. The smallest absolute Gasteiger partial charge is 0.226 e. The second-order valence-corrected chi connectivity index (χ2v) is 6.99. The van der Waals surface area contributed by atoms with Crippen LogP contribution >= 0.6 is 0 Å². The molecule has 1 aliphatic carbocycles. The van der Waals surface area contributed by atoms with Crippen LogP contribution in [0.1, 0.15) is 31.1 Å². The van der Waals surface area contributed by atoms with Gasteiger partial charge in [0, 0.05) is 25.1 Å². The maximum atomic E-state index is 12.6. The number of aliphatic hydroxyl groups is 1. The van der Waals surface area contributed by atoms with E-state index >= 15 is 0 Å². The van der Waals surface area contributed by atoms with Crippen molar-refractivity contribution >= 4 is 16.9 Å². The van der Waals surface area contributed by atoms with Crippen molar-refractivity contribution in [3.63, 3.8) is 0 Å². The van der Waals surface area contributed by atoms with Crippen molar-refractivity contribution in [1.82, 2.24) is 16.2 Å². The molecule has 1 aliphatic heterocycles. The van der Waals surface area contributed by atoms with Crippen LogP contribution < -0.4 is 16.2 Å². The molecule has 0 spiro atoms. The van der Waals surface area contributed by atoms with E-state index in [1.807, 2.05) is 30.3 Å². The van der Waals surface area contributed by atoms with Crippen LogP contribution in [0.3, 0.4) is 0 Å². The molecule has 2 unspecified atom stereocenters. The molecule has 2 aromatic rings. The summed E-state index contributed by atoms with van der Waals surface area (Å²) in [6.45, 7) is 1.40. The second-order valence-electron chi connectivity index (χ2n) is 6.99. The highest BCUT2D eigenvalue weighted by atomic mass is 16.3. The third-order valence-corrected chi connectivity index (χ3v) is 5.31. The Kier molecular flexibility index (Phi) is 4.04. The zero-order valence-corrected chi connectivity index (χ0v) is 13.5. The normalized spacial score (nSPS) is 25.0. The Labute approximate surface area is 140 Å². The van der Waals surface area contributed by atoms with Gasteiger partial charge in [0.25, 0.3) is 0 Å². The molecule has 6 heteroatoms. The third kappa shape index (κ3) is 2.92. The van der Waals surface area contributed by atoms with Gasteiger partial charge in [0.1, 0.15) is 11.3 Å². The first kappa shape index (κ1) is 15.6. The summed E-state index contributed by atoms with van der Waals surface area (Å²) >= 11 is 0. The van der Waals surface area contributed by atoms with E-state index in [0.29, 0.717) is 13.1 Å². The van der Waals surface area contributed by atoms with Crippen LogP contribution in [0.2, 0.25) is 0 Å². The van der Waals surface area contributed by atoms with Crippen molar-refractivity contribution in [3.8, 4) is 0 Å². The number of hydrogen-bond donors (Lipinski definition) is 4. The first-order chi connectivity index (χ1) is 11.7. The van der Waals surface area contributed by atoms with Gasteiger partial charge in [0.05, 0.1) is 12.0 Å². The van der Waals surface area contributed by atoms with E-state index in [9.17, 15) is 4.79 Å². The number of hydrogen-bond acceptors (Lipinski definition) is 5. The number of furan rings is 1. The van der Waals surface area contributed by atoms with Crippen molar-refractivity contribution in [2.24, 2.45) is 11.3 Å². The lowest BCUT2D eigenvalue weighted by Crippen LogP contribution is -2.38. The first-order valence-electron chi connectivity index (χ1n) is 8.56. The molecule has 2 heterocycles. The number of carbonyl (C=O) groups excluding carboxylic acids is 1. The Bertz CT molecular complexity index is 705. The number of hydrazine groups is 1. The van der Waals surface area contributed by atoms with Crippen molar-refractivity contribution in [2.75, 3.05) is 19.7 Å². The molecule has 1 saturated carbocycles. The maximum Gasteiger partial charge on any atom is 0.226 e. The quantitative estimate of drug-likeness (QED) is 0.645. The minimum Gasteiger partial charge on any atom is -0.459 e. The molecule has 128 valence electrons. The van der Waals surface area contributed by atoms with Crippen LogP contribution in [0.5, 0.6) is 0 Å². The minimum absolute atomic E-state index is 0.0298. The molecule has 1 saturated heterocycles. The average molecular weight is 329 g/mol. The number of carbonyl (C=O) groups is 1. The average Bonchev–Trinajstić information content (AvgIpc) is 3.02. The van der Waals surface area contributed by atoms with Gasteiger partial charge in [-0.25, -0.2) is 5.43 Å². The Morgan fingerprint density at radius 3 is 2.96 bits per heavy atom. The maximum absolute atomic E-state index is 12.6. The van der Waals surface area contributed by atoms with E-state index < -0.39 is 0 Å². The summed E-state index contributed by atoms with van der Waals surface area (Å²) in [5, 5.41) is 13.2. The van der Waals surface area contributed by atoms with E-state index in [0.717, 1.165) is 36.0 Å². The Morgan fingerprint density at radius 2 is 2.21 bits per heavy atom. The van der Waals surface area contributed by atoms with Crippen LogP contribution in [-0.4, -0.2) is 30.7 Å². The Morgan fingerprint density at radius 1 is 1.38 bits per heavy atom. The van der Waals surface area contributed by atoms with Crippen LogP contribution in [-0.2, 0) is 4.79 Å². The summed E-state index contributed by atoms with van der Waals surface area (Å²) < 4.78 is 5.91. The molecule has 1 aromatic carbocycles. The Hall–Kier alpha value is -1.89. The molecule has 2 atom stereocenters. The fourth-order valence-corrected chi connectivity index (χ4v) is 3.50. The van der Waals surface area contributed by atoms with Gasteiger partial charge in [-0.2, -0.15) is 0 Å². The van der Waals surface area contributed by atoms with Crippen molar-refractivity contribution < 1.29 is 14.3 Å². The number of rotatable bonds is 6. The number of para-hydroxylation sites is 1. The molecule has 6 nitrogen and oxygen atoms in total. The van der Waals surface area contributed by atoms with E-state index in [4.69, 9.17) is 9.52 Å². The number of benzene rings is 1. The monoisotopic (exact) mass is 329 g/mol. The lowest BCUT2D eigenvalue weighted by atomic mass is 9.97. The predicted octanol–water partition coefficient (Wildman–Crippen LogP) is 1.48. The highest BCUT2D eigenvalue weighted by molar-refractivity contribution is 5.81. The van der Waals surface area contributed by atoms with E-state index in [2.05, 4.69) is 16.2 Å². The number of amides is 1. The molecule has 1 amide bonds. The third-order valence-electron chi connectivity index (χ3n) is 5.31. The zero-order valence-electron chi connectivity index (χ0n) is 13.5. The summed E-state index contributed by atoms with van der Waals surface area (Å²) in [5.41, 5.74) is 7.19. The standard InChI is InChI=1S/C18H23N3O3/c22-8-7-18(5-6-18)11-19-17(23)13-10-20-21-16(13)15-9-12-3-1-2-4-14(12)24-15/h1-4,9,13,16,20-22H,5-8,10-11H2,(H,19,23). The molecule has 4 rings (SSSR count). The van der Waals surface area contributed by atoms with E-state index in [-0.39, 0.29) is 29.9 Å². The zero-order chi connectivity index (χ0) is 16.6. The second kappa shape index (κ2) is 6.20. The highest BCUT2D eigenvalue weighted by Gasteiger charge is 2.43. The SMILES string of the molecule is O=C(NCC1(CCO)CC1)C1CNNC1c1cc2ccccc2o1. The topological polar surface area (TPSA) is 86.5 Å². The summed E-state index contributed by atoms with van der Waals surface area (Å²) in [4.78, 5) is 12.6. The predicted molar refractivity (Wildman–Crippen MR) is 90.0 cm³/mol. The summed E-state index contributed by atoms with van der Waals surface area (Å²) in [6.07, 6.45) is 2.94. The molecule has 0 bridgehead atoms. The fourth-order valence-electron chi connectivity index (χ4n) is 3.50. The summed E-state index contributed by atoms with van der Waals surface area (Å²) in [7, 11) is 0. The first-order valence-corrected chi connectivity index (χ1v) is 8.56. The minimum atomic E-state index is -0.213. The van der Waals surface area contributed by atoms with Gasteiger partial charge in [-0.15, -0.1) is 0 Å². The highest BCUT2D eigenvalue weighted by Crippen LogP contribution is 2.48. The van der Waals surface area contributed by atoms with E-state index in [1.165, 1.54) is 0 Å². The van der Waals surface area contributed by atoms with Gasteiger partial charge >= 0.3 is 0 Å². The summed E-state index contributed by atoms with van der Waals surface area (Å²) in [5.74, 6) is 0.593.